The fraction of sp³-hybridized carbons (Fsp3) is 0.949. The standard InChI is InChI=1S/C39H76O5/c1-3-5-7-9-11-13-14-15-16-17-18-19-20-21-22-23-24-25-26-28-30-32-34-39(42)44-37(35-40)36-43-38(41)33-31-29-27-12-10-8-6-4-2/h37,40H,3-36H2,1-2H3/t37-/m0/s1. The van der Waals surface area contributed by atoms with Crippen LogP contribution in [0.4, 0.5) is 0 Å². The highest BCUT2D eigenvalue weighted by molar-refractivity contribution is 5.70. The van der Waals surface area contributed by atoms with Crippen LogP contribution in [0, 0.1) is 0 Å². The predicted molar refractivity (Wildman–Crippen MR) is 187 cm³/mol. The summed E-state index contributed by atoms with van der Waals surface area (Å²) >= 11 is 0. The Bertz CT molecular complexity index is 593. The van der Waals surface area contributed by atoms with E-state index < -0.39 is 6.10 Å². The van der Waals surface area contributed by atoms with Gasteiger partial charge in [0.1, 0.15) is 6.61 Å². The third kappa shape index (κ3) is 33.8. The summed E-state index contributed by atoms with van der Waals surface area (Å²) in [7, 11) is 0. The second-order valence-corrected chi connectivity index (χ2v) is 13.4. The predicted octanol–water partition coefficient (Wildman–Crippen LogP) is 12.0. The summed E-state index contributed by atoms with van der Waals surface area (Å²) in [6.07, 6.45) is 39.0. The molecule has 0 amide bonds. The van der Waals surface area contributed by atoms with Gasteiger partial charge in [-0.1, -0.05) is 194 Å². The highest BCUT2D eigenvalue weighted by Crippen LogP contribution is 2.16. The largest absolute Gasteiger partial charge is 0.462 e. The molecule has 0 saturated carbocycles. The number of aliphatic hydroxyl groups excluding tert-OH is 1. The maximum absolute atomic E-state index is 12.1. The van der Waals surface area contributed by atoms with Crippen LogP contribution in [-0.2, 0) is 19.1 Å². The molecule has 0 aliphatic carbocycles. The van der Waals surface area contributed by atoms with Gasteiger partial charge in [0.15, 0.2) is 6.10 Å². The van der Waals surface area contributed by atoms with Gasteiger partial charge in [0.25, 0.3) is 0 Å². The molecular formula is C39H76O5. The average molecular weight is 625 g/mol. The zero-order chi connectivity index (χ0) is 32.2. The smallest absolute Gasteiger partial charge is 0.306 e. The van der Waals surface area contributed by atoms with Gasteiger partial charge in [0.05, 0.1) is 6.61 Å². The maximum Gasteiger partial charge on any atom is 0.306 e. The van der Waals surface area contributed by atoms with E-state index in [4.69, 9.17) is 9.47 Å². The van der Waals surface area contributed by atoms with E-state index in [2.05, 4.69) is 13.8 Å². The van der Waals surface area contributed by atoms with Crippen molar-refractivity contribution in [3.63, 3.8) is 0 Å². The zero-order valence-corrected chi connectivity index (χ0v) is 29.7. The summed E-state index contributed by atoms with van der Waals surface area (Å²) < 4.78 is 10.6. The second-order valence-electron chi connectivity index (χ2n) is 13.4. The molecule has 0 unspecified atom stereocenters. The molecule has 0 radical (unpaired) electrons. The lowest BCUT2D eigenvalue weighted by molar-refractivity contribution is -0.161. The van der Waals surface area contributed by atoms with Gasteiger partial charge in [-0.25, -0.2) is 0 Å². The van der Waals surface area contributed by atoms with Gasteiger partial charge in [0, 0.05) is 12.8 Å². The lowest BCUT2D eigenvalue weighted by Gasteiger charge is -2.15. The van der Waals surface area contributed by atoms with E-state index in [0.29, 0.717) is 12.8 Å². The minimum absolute atomic E-state index is 0.0581. The van der Waals surface area contributed by atoms with Crippen LogP contribution in [-0.4, -0.2) is 36.4 Å². The molecular weight excluding hydrogens is 548 g/mol. The summed E-state index contributed by atoms with van der Waals surface area (Å²) in [6, 6.07) is 0. The van der Waals surface area contributed by atoms with Crippen molar-refractivity contribution in [2.24, 2.45) is 0 Å². The van der Waals surface area contributed by atoms with Crippen LogP contribution >= 0.6 is 0 Å². The van der Waals surface area contributed by atoms with Crippen molar-refractivity contribution in [3.05, 3.63) is 0 Å². The molecule has 0 heterocycles. The number of carbonyl (C=O) groups excluding carboxylic acids is 2. The third-order valence-corrected chi connectivity index (χ3v) is 8.90. The first-order valence-corrected chi connectivity index (χ1v) is 19.6. The van der Waals surface area contributed by atoms with E-state index in [1.54, 1.807) is 0 Å². The topological polar surface area (TPSA) is 72.8 Å². The first-order chi connectivity index (χ1) is 21.6. The first kappa shape index (κ1) is 42.9. The molecule has 0 fully saturated rings. The third-order valence-electron chi connectivity index (χ3n) is 8.90. The van der Waals surface area contributed by atoms with Crippen LogP contribution < -0.4 is 0 Å². The fourth-order valence-electron chi connectivity index (χ4n) is 5.91. The normalized spacial score (nSPS) is 12.0. The first-order valence-electron chi connectivity index (χ1n) is 19.6. The van der Waals surface area contributed by atoms with Crippen molar-refractivity contribution >= 4 is 11.9 Å². The lowest BCUT2D eigenvalue weighted by atomic mass is 10.0. The molecule has 0 aliphatic rings. The number of hydrogen-bond acceptors (Lipinski definition) is 5. The van der Waals surface area contributed by atoms with Crippen LogP contribution in [0.3, 0.4) is 0 Å². The molecule has 1 N–H and O–H groups in total. The molecule has 0 spiro atoms. The summed E-state index contributed by atoms with van der Waals surface area (Å²) in [5.41, 5.74) is 0. The van der Waals surface area contributed by atoms with Gasteiger partial charge in [-0.15, -0.1) is 0 Å². The van der Waals surface area contributed by atoms with Crippen LogP contribution in [0.2, 0.25) is 0 Å². The van der Waals surface area contributed by atoms with E-state index in [9.17, 15) is 14.7 Å². The molecule has 0 aromatic heterocycles. The summed E-state index contributed by atoms with van der Waals surface area (Å²) in [4.78, 5) is 24.1. The molecule has 1 atom stereocenters. The minimum atomic E-state index is -0.760. The Morgan fingerprint density at radius 2 is 0.705 bits per heavy atom. The Morgan fingerprint density at radius 1 is 0.432 bits per heavy atom. The van der Waals surface area contributed by atoms with E-state index in [-0.39, 0.29) is 25.2 Å². The van der Waals surface area contributed by atoms with Gasteiger partial charge >= 0.3 is 11.9 Å². The summed E-state index contributed by atoms with van der Waals surface area (Å²) in [5.74, 6) is -0.582. The van der Waals surface area contributed by atoms with Crippen molar-refractivity contribution in [2.75, 3.05) is 13.2 Å². The number of rotatable bonds is 36. The average Bonchev–Trinajstić information content (AvgIpc) is 3.02. The highest BCUT2D eigenvalue weighted by atomic mass is 16.6. The number of ether oxygens (including phenoxy) is 2. The van der Waals surface area contributed by atoms with Crippen LogP contribution in [0.5, 0.6) is 0 Å². The van der Waals surface area contributed by atoms with Crippen molar-refractivity contribution in [2.45, 2.75) is 225 Å². The molecule has 0 rings (SSSR count). The number of unbranched alkanes of at least 4 members (excludes halogenated alkanes) is 28. The van der Waals surface area contributed by atoms with Crippen LogP contribution in [0.25, 0.3) is 0 Å². The number of aliphatic hydroxyl groups is 1. The van der Waals surface area contributed by atoms with Crippen molar-refractivity contribution in [1.29, 1.82) is 0 Å². The molecule has 0 aliphatic heterocycles. The zero-order valence-electron chi connectivity index (χ0n) is 29.7. The molecule has 0 bridgehead atoms. The quantitative estimate of drug-likeness (QED) is 0.0554. The number of carbonyl (C=O) groups is 2. The van der Waals surface area contributed by atoms with Crippen molar-refractivity contribution in [3.8, 4) is 0 Å². The molecule has 44 heavy (non-hydrogen) atoms. The minimum Gasteiger partial charge on any atom is -0.462 e. The lowest BCUT2D eigenvalue weighted by Crippen LogP contribution is -2.28. The van der Waals surface area contributed by atoms with Gasteiger partial charge in [0.2, 0.25) is 0 Å². The Kier molecular flexibility index (Phi) is 35.5. The second kappa shape index (κ2) is 36.4. The van der Waals surface area contributed by atoms with Crippen molar-refractivity contribution < 1.29 is 24.2 Å². The summed E-state index contributed by atoms with van der Waals surface area (Å²) in [6.45, 7) is 4.13. The molecule has 262 valence electrons. The Hall–Kier alpha value is -1.10. The molecule has 0 aromatic rings. The Morgan fingerprint density at radius 3 is 1.00 bits per heavy atom. The van der Waals surface area contributed by atoms with E-state index in [1.807, 2.05) is 0 Å². The monoisotopic (exact) mass is 625 g/mol. The summed E-state index contributed by atoms with van der Waals surface area (Å²) in [5, 5.41) is 9.51. The van der Waals surface area contributed by atoms with E-state index >= 15 is 0 Å². The van der Waals surface area contributed by atoms with Gasteiger partial charge in [-0.05, 0) is 12.8 Å². The van der Waals surface area contributed by atoms with Gasteiger partial charge in [-0.3, -0.25) is 9.59 Å². The number of hydrogen-bond donors (Lipinski definition) is 1. The number of esters is 2. The molecule has 5 nitrogen and oxygen atoms in total. The van der Waals surface area contributed by atoms with Crippen LogP contribution in [0.1, 0.15) is 219 Å². The molecule has 0 saturated heterocycles. The van der Waals surface area contributed by atoms with Crippen LogP contribution in [0.15, 0.2) is 0 Å². The Balaban J connectivity index is 3.42. The van der Waals surface area contributed by atoms with Crippen molar-refractivity contribution in [1.82, 2.24) is 0 Å². The SMILES string of the molecule is CCCCCCCCCCCCCCCCCCCCCCCCC(=O)O[C@@H](CO)COC(=O)CCCCCCCCCC. The molecule has 5 heteroatoms. The van der Waals surface area contributed by atoms with E-state index in [1.165, 1.54) is 154 Å². The molecule has 0 aromatic carbocycles. The van der Waals surface area contributed by atoms with E-state index in [0.717, 1.165) is 38.5 Å². The fourth-order valence-corrected chi connectivity index (χ4v) is 5.91. The van der Waals surface area contributed by atoms with Gasteiger partial charge < -0.3 is 14.6 Å². The Labute approximate surface area is 274 Å². The highest BCUT2D eigenvalue weighted by Gasteiger charge is 2.16. The maximum atomic E-state index is 12.1. The van der Waals surface area contributed by atoms with Gasteiger partial charge in [-0.2, -0.15) is 0 Å².